The van der Waals surface area contributed by atoms with Crippen LogP contribution in [0.1, 0.15) is 49.7 Å². The molecule has 26 heavy (non-hydrogen) atoms. The van der Waals surface area contributed by atoms with E-state index in [4.69, 9.17) is 4.98 Å². The van der Waals surface area contributed by atoms with Gasteiger partial charge < -0.3 is 9.80 Å². The second-order valence-corrected chi connectivity index (χ2v) is 7.96. The van der Waals surface area contributed by atoms with E-state index in [-0.39, 0.29) is 6.04 Å². The van der Waals surface area contributed by atoms with Gasteiger partial charge in [0.2, 0.25) is 5.91 Å². The SMILES string of the molecule is Cc1nc2c(c(N3CCN(C(C)C(=O)N4CCCC4)CC3)n1)CCCC2. The van der Waals surface area contributed by atoms with Gasteiger partial charge in [0.05, 0.1) is 6.04 Å². The average Bonchev–Trinajstić information content (AvgIpc) is 3.21. The molecule has 1 amide bonds. The van der Waals surface area contributed by atoms with E-state index in [1.165, 1.54) is 24.1 Å². The van der Waals surface area contributed by atoms with E-state index in [2.05, 4.69) is 21.7 Å². The Hall–Kier alpha value is -1.69. The van der Waals surface area contributed by atoms with Crippen molar-refractivity contribution in [3.8, 4) is 0 Å². The van der Waals surface area contributed by atoms with Crippen molar-refractivity contribution < 1.29 is 4.79 Å². The second kappa shape index (κ2) is 7.51. The molecule has 6 nitrogen and oxygen atoms in total. The Labute approximate surface area is 156 Å². The third kappa shape index (κ3) is 3.43. The van der Waals surface area contributed by atoms with Gasteiger partial charge in [0, 0.05) is 50.5 Å². The van der Waals surface area contributed by atoms with Gasteiger partial charge in [-0.05, 0) is 52.4 Å². The maximum Gasteiger partial charge on any atom is 0.239 e. The summed E-state index contributed by atoms with van der Waals surface area (Å²) >= 11 is 0. The predicted octanol–water partition coefficient (Wildman–Crippen LogP) is 1.80. The molecule has 3 heterocycles. The molecule has 3 aliphatic rings. The Bertz CT molecular complexity index is 662. The predicted molar refractivity (Wildman–Crippen MR) is 102 cm³/mol. The number of hydrogen-bond donors (Lipinski definition) is 0. The first-order valence-electron chi connectivity index (χ1n) is 10.3. The molecule has 142 valence electrons. The third-order valence-corrected chi connectivity index (χ3v) is 6.21. The Morgan fingerprint density at radius 1 is 0.923 bits per heavy atom. The summed E-state index contributed by atoms with van der Waals surface area (Å²) in [6.07, 6.45) is 7.00. The maximum absolute atomic E-state index is 12.7. The quantitative estimate of drug-likeness (QED) is 0.826. The van der Waals surface area contributed by atoms with Crippen molar-refractivity contribution >= 4 is 11.7 Å². The molecule has 0 aromatic carbocycles. The Balaban J connectivity index is 1.42. The first kappa shape index (κ1) is 17.7. The zero-order valence-electron chi connectivity index (χ0n) is 16.2. The smallest absolute Gasteiger partial charge is 0.239 e. The largest absolute Gasteiger partial charge is 0.354 e. The molecule has 2 saturated heterocycles. The number of aryl methyl sites for hydroxylation is 2. The molecule has 0 saturated carbocycles. The van der Waals surface area contributed by atoms with Crippen LogP contribution in [0, 0.1) is 6.92 Å². The lowest BCUT2D eigenvalue weighted by atomic mass is 9.96. The molecule has 0 spiro atoms. The van der Waals surface area contributed by atoms with Crippen LogP contribution in [0.2, 0.25) is 0 Å². The van der Waals surface area contributed by atoms with Crippen molar-refractivity contribution in [2.24, 2.45) is 0 Å². The molecule has 1 aromatic rings. The van der Waals surface area contributed by atoms with E-state index in [1.807, 2.05) is 11.8 Å². The average molecular weight is 358 g/mol. The topological polar surface area (TPSA) is 52.6 Å². The van der Waals surface area contributed by atoms with Gasteiger partial charge in [0.25, 0.3) is 0 Å². The van der Waals surface area contributed by atoms with Gasteiger partial charge in [0.1, 0.15) is 11.6 Å². The zero-order valence-corrected chi connectivity index (χ0v) is 16.2. The van der Waals surface area contributed by atoms with Crippen LogP contribution < -0.4 is 4.90 Å². The molecule has 0 radical (unpaired) electrons. The highest BCUT2D eigenvalue weighted by Gasteiger charge is 2.31. The van der Waals surface area contributed by atoms with E-state index >= 15 is 0 Å². The lowest BCUT2D eigenvalue weighted by Crippen LogP contribution is -2.54. The fraction of sp³-hybridized carbons (Fsp3) is 0.750. The number of hydrogen-bond acceptors (Lipinski definition) is 5. The number of carbonyl (C=O) groups excluding carboxylic acids is 1. The van der Waals surface area contributed by atoms with Crippen LogP contribution in [0.5, 0.6) is 0 Å². The summed E-state index contributed by atoms with van der Waals surface area (Å²) in [5, 5.41) is 0. The summed E-state index contributed by atoms with van der Waals surface area (Å²) in [7, 11) is 0. The Kier molecular flexibility index (Phi) is 5.11. The van der Waals surface area contributed by atoms with Crippen LogP contribution in [0.15, 0.2) is 0 Å². The van der Waals surface area contributed by atoms with Crippen LogP contribution in [0.4, 0.5) is 5.82 Å². The fourth-order valence-corrected chi connectivity index (χ4v) is 4.64. The Morgan fingerprint density at radius 2 is 1.62 bits per heavy atom. The van der Waals surface area contributed by atoms with Crippen molar-refractivity contribution in [2.75, 3.05) is 44.2 Å². The molecular weight excluding hydrogens is 326 g/mol. The van der Waals surface area contributed by atoms with Gasteiger partial charge in [0.15, 0.2) is 0 Å². The van der Waals surface area contributed by atoms with Crippen LogP contribution in [0.25, 0.3) is 0 Å². The number of piperazine rings is 1. The molecule has 0 N–H and O–H groups in total. The van der Waals surface area contributed by atoms with Crippen LogP contribution in [-0.2, 0) is 17.6 Å². The van der Waals surface area contributed by atoms with Crippen molar-refractivity contribution in [2.45, 2.75) is 58.4 Å². The molecular formula is C20H31N5O. The van der Waals surface area contributed by atoms with Gasteiger partial charge >= 0.3 is 0 Å². The van der Waals surface area contributed by atoms with E-state index in [0.29, 0.717) is 5.91 Å². The number of nitrogens with zero attached hydrogens (tertiary/aromatic N) is 5. The van der Waals surface area contributed by atoms with Crippen molar-refractivity contribution in [3.05, 3.63) is 17.1 Å². The Morgan fingerprint density at radius 3 is 2.35 bits per heavy atom. The summed E-state index contributed by atoms with van der Waals surface area (Å²) in [6, 6.07) is -0.00343. The van der Waals surface area contributed by atoms with Gasteiger partial charge in [-0.25, -0.2) is 9.97 Å². The number of anilines is 1. The first-order valence-corrected chi connectivity index (χ1v) is 10.3. The van der Waals surface area contributed by atoms with Crippen molar-refractivity contribution in [3.63, 3.8) is 0 Å². The van der Waals surface area contributed by atoms with Gasteiger partial charge in [-0.1, -0.05) is 0 Å². The van der Waals surface area contributed by atoms with Crippen LogP contribution in [0.3, 0.4) is 0 Å². The molecule has 4 rings (SSSR count). The second-order valence-electron chi connectivity index (χ2n) is 7.96. The zero-order chi connectivity index (χ0) is 18.1. The summed E-state index contributed by atoms with van der Waals surface area (Å²) in [6.45, 7) is 9.71. The molecule has 0 bridgehead atoms. The highest BCUT2D eigenvalue weighted by atomic mass is 16.2. The van der Waals surface area contributed by atoms with E-state index in [9.17, 15) is 4.79 Å². The van der Waals surface area contributed by atoms with Crippen LogP contribution >= 0.6 is 0 Å². The minimum atomic E-state index is -0.00343. The number of likely N-dealkylation sites (tertiary alicyclic amines) is 1. The normalized spacial score (nSPS) is 22.4. The van der Waals surface area contributed by atoms with Crippen LogP contribution in [-0.4, -0.2) is 71.0 Å². The lowest BCUT2D eigenvalue weighted by Gasteiger charge is -2.40. The number of rotatable bonds is 3. The minimum Gasteiger partial charge on any atom is -0.354 e. The van der Waals surface area contributed by atoms with Gasteiger partial charge in [-0.3, -0.25) is 9.69 Å². The number of aromatic nitrogens is 2. The monoisotopic (exact) mass is 357 g/mol. The van der Waals surface area contributed by atoms with Gasteiger partial charge in [-0.2, -0.15) is 0 Å². The molecule has 1 aliphatic carbocycles. The summed E-state index contributed by atoms with van der Waals surface area (Å²) in [5.41, 5.74) is 2.63. The fourth-order valence-electron chi connectivity index (χ4n) is 4.64. The van der Waals surface area contributed by atoms with Crippen molar-refractivity contribution in [1.29, 1.82) is 0 Å². The van der Waals surface area contributed by atoms with Gasteiger partial charge in [-0.15, -0.1) is 0 Å². The highest BCUT2D eigenvalue weighted by Crippen LogP contribution is 2.29. The van der Waals surface area contributed by atoms with E-state index in [1.54, 1.807) is 0 Å². The molecule has 6 heteroatoms. The summed E-state index contributed by atoms with van der Waals surface area (Å²) in [5.74, 6) is 2.36. The molecule has 2 fully saturated rings. The highest BCUT2D eigenvalue weighted by molar-refractivity contribution is 5.81. The van der Waals surface area contributed by atoms with E-state index < -0.39 is 0 Å². The number of fused-ring (bicyclic) bond motifs is 1. The summed E-state index contributed by atoms with van der Waals surface area (Å²) in [4.78, 5) is 29.0. The maximum atomic E-state index is 12.7. The van der Waals surface area contributed by atoms with E-state index in [0.717, 1.165) is 76.6 Å². The number of carbonyl (C=O) groups is 1. The molecule has 1 atom stereocenters. The number of amides is 1. The molecule has 1 unspecified atom stereocenters. The first-order chi connectivity index (χ1) is 12.6. The molecule has 1 aromatic heterocycles. The van der Waals surface area contributed by atoms with Crippen molar-refractivity contribution in [1.82, 2.24) is 19.8 Å². The lowest BCUT2D eigenvalue weighted by molar-refractivity contribution is -0.135. The third-order valence-electron chi connectivity index (χ3n) is 6.21. The molecule has 2 aliphatic heterocycles. The standard InChI is InChI=1S/C20H31N5O/c1-15(20(26)25-9-5-6-10-25)23-11-13-24(14-12-23)19-17-7-3-4-8-18(17)21-16(2)22-19/h15H,3-14H2,1-2H3. The minimum absolute atomic E-state index is 0.00343. The summed E-state index contributed by atoms with van der Waals surface area (Å²) < 4.78 is 0.